The third-order valence-electron chi connectivity index (χ3n) is 4.61. The van der Waals surface area contributed by atoms with E-state index in [0.29, 0.717) is 12.2 Å². The highest BCUT2D eigenvalue weighted by atomic mass is 19.1. The van der Waals surface area contributed by atoms with Gasteiger partial charge in [0.25, 0.3) is 0 Å². The summed E-state index contributed by atoms with van der Waals surface area (Å²) in [4.78, 5) is 16.5. The van der Waals surface area contributed by atoms with Gasteiger partial charge < -0.3 is 20.3 Å². The number of carbonyl (C=O) groups excluding carboxylic acids is 1. The second kappa shape index (κ2) is 9.23. The number of anilines is 2. The Kier molecular flexibility index (Phi) is 6.49. The SMILES string of the molecule is COc1ccccc1N1CCN(CCNC(=O)Nc2ccc(F)cc2)CC1. The molecule has 6 nitrogen and oxygen atoms in total. The number of nitrogens with one attached hydrogen (secondary N) is 2. The summed E-state index contributed by atoms with van der Waals surface area (Å²) in [5.74, 6) is 0.568. The third-order valence-corrected chi connectivity index (χ3v) is 4.61. The Morgan fingerprint density at radius 3 is 2.48 bits per heavy atom. The minimum Gasteiger partial charge on any atom is -0.495 e. The molecule has 0 bridgehead atoms. The number of para-hydroxylation sites is 2. The van der Waals surface area contributed by atoms with Crippen LogP contribution in [0.15, 0.2) is 48.5 Å². The van der Waals surface area contributed by atoms with Gasteiger partial charge in [0.05, 0.1) is 12.8 Å². The second-order valence-electron chi connectivity index (χ2n) is 6.39. The van der Waals surface area contributed by atoms with E-state index >= 15 is 0 Å². The Balaban J connectivity index is 1.38. The minimum absolute atomic E-state index is 0.283. The molecular weight excluding hydrogens is 347 g/mol. The van der Waals surface area contributed by atoms with Crippen molar-refractivity contribution in [3.63, 3.8) is 0 Å². The average Bonchev–Trinajstić information content (AvgIpc) is 2.70. The molecule has 0 radical (unpaired) electrons. The number of piperazine rings is 1. The first kappa shape index (κ1) is 19.0. The zero-order chi connectivity index (χ0) is 19.1. The van der Waals surface area contributed by atoms with Crippen molar-refractivity contribution >= 4 is 17.4 Å². The smallest absolute Gasteiger partial charge is 0.319 e. The van der Waals surface area contributed by atoms with Crippen LogP contribution in [0.4, 0.5) is 20.6 Å². The van der Waals surface area contributed by atoms with Crippen LogP contribution in [0.1, 0.15) is 0 Å². The van der Waals surface area contributed by atoms with Gasteiger partial charge in [0.1, 0.15) is 11.6 Å². The topological polar surface area (TPSA) is 56.8 Å². The fourth-order valence-corrected chi connectivity index (χ4v) is 3.14. The molecule has 27 heavy (non-hydrogen) atoms. The van der Waals surface area contributed by atoms with Crippen molar-refractivity contribution in [1.82, 2.24) is 10.2 Å². The van der Waals surface area contributed by atoms with Gasteiger partial charge in [0, 0.05) is 45.0 Å². The highest BCUT2D eigenvalue weighted by Gasteiger charge is 2.19. The Morgan fingerprint density at radius 2 is 1.78 bits per heavy atom. The van der Waals surface area contributed by atoms with Crippen molar-refractivity contribution in [2.24, 2.45) is 0 Å². The van der Waals surface area contributed by atoms with Crippen molar-refractivity contribution in [3.05, 3.63) is 54.3 Å². The van der Waals surface area contributed by atoms with Gasteiger partial charge in [0.2, 0.25) is 0 Å². The molecule has 0 spiro atoms. The maximum atomic E-state index is 12.9. The highest BCUT2D eigenvalue weighted by Crippen LogP contribution is 2.28. The summed E-state index contributed by atoms with van der Waals surface area (Å²) in [6, 6.07) is 13.5. The van der Waals surface area contributed by atoms with Crippen molar-refractivity contribution in [2.75, 3.05) is 56.6 Å². The first-order valence-corrected chi connectivity index (χ1v) is 9.06. The van der Waals surface area contributed by atoms with Gasteiger partial charge in [-0.25, -0.2) is 9.18 Å². The van der Waals surface area contributed by atoms with Crippen molar-refractivity contribution < 1.29 is 13.9 Å². The minimum atomic E-state index is -0.326. The van der Waals surface area contributed by atoms with Crippen molar-refractivity contribution in [3.8, 4) is 5.75 Å². The largest absolute Gasteiger partial charge is 0.495 e. The van der Waals surface area contributed by atoms with Gasteiger partial charge in [-0.15, -0.1) is 0 Å². The molecule has 1 fully saturated rings. The van der Waals surface area contributed by atoms with Crippen LogP contribution in [0.3, 0.4) is 0 Å². The monoisotopic (exact) mass is 372 g/mol. The summed E-state index contributed by atoms with van der Waals surface area (Å²) in [5, 5.41) is 5.53. The van der Waals surface area contributed by atoms with E-state index in [0.717, 1.165) is 44.2 Å². The van der Waals surface area contributed by atoms with E-state index in [2.05, 4.69) is 26.5 Å². The van der Waals surface area contributed by atoms with Crippen LogP contribution in [0.5, 0.6) is 5.75 Å². The van der Waals surface area contributed by atoms with Crippen LogP contribution in [-0.2, 0) is 0 Å². The zero-order valence-electron chi connectivity index (χ0n) is 15.5. The molecule has 144 valence electrons. The summed E-state index contributed by atoms with van der Waals surface area (Å²) < 4.78 is 18.3. The Morgan fingerprint density at radius 1 is 1.07 bits per heavy atom. The molecule has 0 aromatic heterocycles. The maximum absolute atomic E-state index is 12.9. The van der Waals surface area contributed by atoms with Crippen molar-refractivity contribution in [2.45, 2.75) is 0 Å². The first-order valence-electron chi connectivity index (χ1n) is 9.06. The number of hydrogen-bond acceptors (Lipinski definition) is 4. The summed E-state index contributed by atoms with van der Waals surface area (Å²) in [5.41, 5.74) is 1.69. The van der Waals surface area contributed by atoms with Gasteiger partial charge in [-0.05, 0) is 36.4 Å². The van der Waals surface area contributed by atoms with Crippen LogP contribution in [0.25, 0.3) is 0 Å². The van der Waals surface area contributed by atoms with Gasteiger partial charge in [-0.1, -0.05) is 12.1 Å². The van der Waals surface area contributed by atoms with E-state index in [-0.39, 0.29) is 11.8 Å². The molecule has 0 aliphatic carbocycles. The molecule has 1 heterocycles. The normalized spacial score (nSPS) is 14.7. The lowest BCUT2D eigenvalue weighted by molar-refractivity contribution is 0.240. The van der Waals surface area contributed by atoms with Crippen LogP contribution < -0.4 is 20.3 Å². The lowest BCUT2D eigenvalue weighted by Crippen LogP contribution is -2.48. The average molecular weight is 372 g/mol. The van der Waals surface area contributed by atoms with Crippen LogP contribution >= 0.6 is 0 Å². The fraction of sp³-hybridized carbons (Fsp3) is 0.350. The number of hydrogen-bond donors (Lipinski definition) is 2. The molecule has 1 aliphatic rings. The third kappa shape index (κ3) is 5.34. The molecule has 2 aromatic carbocycles. The van der Waals surface area contributed by atoms with E-state index in [1.54, 1.807) is 7.11 Å². The number of nitrogens with zero attached hydrogens (tertiary/aromatic N) is 2. The number of benzene rings is 2. The lowest BCUT2D eigenvalue weighted by atomic mass is 10.2. The van der Waals surface area contributed by atoms with Gasteiger partial charge in [0.15, 0.2) is 0 Å². The number of urea groups is 1. The van der Waals surface area contributed by atoms with Crippen molar-refractivity contribution in [1.29, 1.82) is 0 Å². The Hall–Kier alpha value is -2.80. The summed E-state index contributed by atoms with van der Waals surface area (Å²) >= 11 is 0. The van der Waals surface area contributed by atoms with E-state index in [4.69, 9.17) is 4.74 Å². The van der Waals surface area contributed by atoms with Gasteiger partial charge >= 0.3 is 6.03 Å². The maximum Gasteiger partial charge on any atom is 0.319 e. The molecule has 0 unspecified atom stereocenters. The number of ether oxygens (including phenoxy) is 1. The predicted molar refractivity (Wildman–Crippen MR) is 105 cm³/mol. The number of amides is 2. The molecule has 1 aliphatic heterocycles. The quantitative estimate of drug-likeness (QED) is 0.819. The standard InChI is InChI=1S/C20H25FN4O2/c1-27-19-5-3-2-4-18(19)25-14-12-24(13-15-25)11-10-22-20(26)23-17-8-6-16(21)7-9-17/h2-9H,10-15H2,1H3,(H2,22,23,26). The number of rotatable bonds is 6. The zero-order valence-corrected chi connectivity index (χ0v) is 15.5. The van der Waals surface area contributed by atoms with E-state index in [9.17, 15) is 9.18 Å². The van der Waals surface area contributed by atoms with E-state index < -0.39 is 0 Å². The van der Waals surface area contributed by atoms with Crippen LogP contribution in [0.2, 0.25) is 0 Å². The molecule has 2 aromatic rings. The van der Waals surface area contributed by atoms with Gasteiger partial charge in [-0.2, -0.15) is 0 Å². The number of methoxy groups -OCH3 is 1. The summed E-state index contributed by atoms with van der Waals surface area (Å²) in [7, 11) is 1.69. The Labute approximate surface area is 158 Å². The van der Waals surface area contributed by atoms with Crippen LogP contribution in [-0.4, -0.2) is 57.3 Å². The first-order chi connectivity index (χ1) is 13.2. The van der Waals surface area contributed by atoms with Crippen LogP contribution in [0, 0.1) is 5.82 Å². The molecule has 0 saturated carbocycles. The summed E-state index contributed by atoms with van der Waals surface area (Å²) in [6.07, 6.45) is 0. The second-order valence-corrected chi connectivity index (χ2v) is 6.39. The summed E-state index contributed by atoms with van der Waals surface area (Å²) in [6.45, 7) is 5.04. The molecule has 2 amide bonds. The lowest BCUT2D eigenvalue weighted by Gasteiger charge is -2.36. The highest BCUT2D eigenvalue weighted by molar-refractivity contribution is 5.89. The van der Waals surface area contributed by atoms with E-state index in [1.807, 2.05) is 18.2 Å². The molecule has 7 heteroatoms. The predicted octanol–water partition coefficient (Wildman–Crippen LogP) is 2.78. The fourth-order valence-electron chi connectivity index (χ4n) is 3.14. The van der Waals surface area contributed by atoms with E-state index in [1.165, 1.54) is 24.3 Å². The molecule has 1 saturated heterocycles. The number of carbonyl (C=O) groups is 1. The molecule has 0 atom stereocenters. The Bertz CT molecular complexity index is 746. The molecular formula is C20H25FN4O2. The number of halogens is 1. The molecule has 2 N–H and O–H groups in total. The van der Waals surface area contributed by atoms with Gasteiger partial charge in [-0.3, -0.25) is 4.90 Å². The molecule has 3 rings (SSSR count).